The van der Waals surface area contributed by atoms with E-state index in [-0.39, 0.29) is 44.3 Å². The van der Waals surface area contributed by atoms with Gasteiger partial charge in [0.05, 0.1) is 5.25 Å². The molecule has 0 N–H and O–H groups in total. The zero-order chi connectivity index (χ0) is 30.3. The molecule has 0 heterocycles. The first-order chi connectivity index (χ1) is 15.8. The normalized spacial score (nSPS) is 17.7. The maximum Gasteiger partial charge on any atom is 0.239 e. The van der Waals surface area contributed by atoms with E-state index >= 15 is 0 Å². The summed E-state index contributed by atoms with van der Waals surface area (Å²) in [6.07, 6.45) is 2.75. The molecule has 0 aliphatic carbocycles. The number of hydrogen-bond donors (Lipinski definition) is 0. The van der Waals surface area contributed by atoms with Crippen LogP contribution in [0.15, 0.2) is 4.52 Å². The Morgan fingerprint density at radius 1 is 0.622 bits per heavy atom. The number of rotatable bonds is 8. The van der Waals surface area contributed by atoms with E-state index in [0.29, 0.717) is 0 Å². The first-order valence-corrected chi connectivity index (χ1v) is 15.6. The summed E-state index contributed by atoms with van der Waals surface area (Å²) in [5.41, 5.74) is 7.91. The lowest BCUT2D eigenvalue weighted by Gasteiger charge is -2.62. The zero-order valence-corrected chi connectivity index (χ0v) is 28.7. The lowest BCUT2D eigenvalue weighted by Crippen LogP contribution is -2.59. The van der Waals surface area contributed by atoms with Crippen LogP contribution in [0.25, 0.3) is 10.4 Å². The van der Waals surface area contributed by atoms with Gasteiger partial charge in [0.2, 0.25) is 10.0 Å². The molecule has 0 aromatic heterocycles. The van der Waals surface area contributed by atoms with Crippen molar-refractivity contribution >= 4 is 10.0 Å². The molecule has 0 aliphatic rings. The number of azide groups is 1. The molecule has 0 saturated heterocycles. The summed E-state index contributed by atoms with van der Waals surface area (Å²) in [6.45, 7) is 40.2. The molecular formula is C31H63N3O2S. The van der Waals surface area contributed by atoms with Gasteiger partial charge in [-0.25, -0.2) is 8.42 Å². The summed E-state index contributed by atoms with van der Waals surface area (Å²) < 4.78 is 31.5. The van der Waals surface area contributed by atoms with Gasteiger partial charge in [-0.1, -0.05) is 125 Å². The Labute approximate surface area is 232 Å². The van der Waals surface area contributed by atoms with Gasteiger partial charge in [-0.05, 0) is 74.5 Å². The zero-order valence-electron chi connectivity index (χ0n) is 27.9. The van der Waals surface area contributed by atoms with Crippen molar-refractivity contribution < 1.29 is 8.42 Å². The quantitative estimate of drug-likeness (QED) is 0.174. The van der Waals surface area contributed by atoms with Crippen molar-refractivity contribution in [1.29, 1.82) is 0 Å². The van der Waals surface area contributed by atoms with Gasteiger partial charge in [0, 0.05) is 9.43 Å². The van der Waals surface area contributed by atoms with Crippen molar-refractivity contribution in [2.75, 3.05) is 0 Å². The average molecular weight is 542 g/mol. The standard InChI is InChI=1S/C31H63N3O2S/c1-25(2,3)19-22(28(10,11)12)31(20-26(4,5)6,21-27(7,8)9)23(29(13,14)15)24(30(16,17)18)37(35,36)34-33-32/h22-24H,19-21H2,1-18H3. The topological polar surface area (TPSA) is 82.9 Å². The van der Waals surface area contributed by atoms with Gasteiger partial charge in [0.25, 0.3) is 0 Å². The second-order valence-corrected chi connectivity index (χ2v) is 20.4. The highest BCUT2D eigenvalue weighted by atomic mass is 32.2. The van der Waals surface area contributed by atoms with E-state index < -0.39 is 20.7 Å². The van der Waals surface area contributed by atoms with Gasteiger partial charge in [0.15, 0.2) is 0 Å². The van der Waals surface area contributed by atoms with Crippen LogP contribution < -0.4 is 0 Å². The van der Waals surface area contributed by atoms with Gasteiger partial charge in [-0.2, -0.15) is 0 Å². The predicted octanol–water partition coefficient (Wildman–Crippen LogP) is 10.7. The summed E-state index contributed by atoms with van der Waals surface area (Å²) in [5.74, 6) is -0.0192. The molecule has 5 nitrogen and oxygen atoms in total. The first-order valence-electron chi connectivity index (χ1n) is 14.1. The Morgan fingerprint density at radius 3 is 1.22 bits per heavy atom. The molecule has 6 heteroatoms. The minimum Gasteiger partial charge on any atom is -0.221 e. The first kappa shape index (κ1) is 36.3. The molecule has 0 saturated carbocycles. The molecule has 0 aromatic carbocycles. The Balaban J connectivity index is 8.38. The molecule has 0 aromatic rings. The maximum atomic E-state index is 14.0. The van der Waals surface area contributed by atoms with Gasteiger partial charge >= 0.3 is 0 Å². The molecule has 0 amide bonds. The Morgan fingerprint density at radius 2 is 1.00 bits per heavy atom. The van der Waals surface area contributed by atoms with E-state index in [2.05, 4.69) is 113 Å². The van der Waals surface area contributed by atoms with Crippen molar-refractivity contribution in [2.24, 2.45) is 54.3 Å². The third-order valence-corrected chi connectivity index (χ3v) is 9.38. The van der Waals surface area contributed by atoms with Crippen molar-refractivity contribution in [1.82, 2.24) is 0 Å². The van der Waals surface area contributed by atoms with Crippen LogP contribution in [0, 0.1) is 49.7 Å². The van der Waals surface area contributed by atoms with Gasteiger partial charge < -0.3 is 0 Å². The lowest BCUT2D eigenvalue weighted by molar-refractivity contribution is -0.118. The van der Waals surface area contributed by atoms with Crippen LogP contribution >= 0.6 is 0 Å². The number of sulfonamides is 1. The summed E-state index contributed by atoms with van der Waals surface area (Å²) in [7, 11) is -4.12. The number of nitrogens with zero attached hydrogens (tertiary/aromatic N) is 3. The fourth-order valence-electron chi connectivity index (χ4n) is 7.54. The molecule has 0 spiro atoms. The Hall–Kier alpha value is -0.740. The third-order valence-electron chi connectivity index (χ3n) is 7.45. The molecule has 37 heavy (non-hydrogen) atoms. The fourth-order valence-corrected chi connectivity index (χ4v) is 9.66. The molecule has 220 valence electrons. The van der Waals surface area contributed by atoms with Crippen LogP contribution in [0.3, 0.4) is 0 Å². The largest absolute Gasteiger partial charge is 0.239 e. The summed E-state index contributed by atoms with van der Waals surface area (Å²) >= 11 is 0. The molecule has 0 fully saturated rings. The SMILES string of the molecule is CC(C)(C)CC(C(C)(C)C)C(CC(C)(C)C)(CC(C)(C)C)C(C(C(C)(C)C)S(=O)(=O)N=[N+]=[N-])C(C)(C)C. The van der Waals surface area contributed by atoms with Crippen LogP contribution in [-0.4, -0.2) is 13.7 Å². The van der Waals surface area contributed by atoms with Crippen LogP contribution in [0.1, 0.15) is 144 Å². The van der Waals surface area contributed by atoms with Crippen LogP contribution in [-0.2, 0) is 10.0 Å². The highest BCUT2D eigenvalue weighted by Crippen LogP contribution is 2.65. The molecule has 0 bridgehead atoms. The number of hydrogen-bond acceptors (Lipinski definition) is 2. The second kappa shape index (κ2) is 11.0. The van der Waals surface area contributed by atoms with Crippen molar-refractivity contribution in [2.45, 2.75) is 149 Å². The minimum absolute atomic E-state index is 0.0408. The third kappa shape index (κ3) is 10.7. The maximum absolute atomic E-state index is 14.0. The molecular weight excluding hydrogens is 478 g/mol. The molecule has 3 atom stereocenters. The van der Waals surface area contributed by atoms with Crippen molar-refractivity contribution in [3.8, 4) is 0 Å². The molecule has 0 radical (unpaired) electrons. The highest BCUT2D eigenvalue weighted by Gasteiger charge is 2.61. The predicted molar refractivity (Wildman–Crippen MR) is 162 cm³/mol. The van der Waals surface area contributed by atoms with E-state index in [1.165, 1.54) is 0 Å². The molecule has 3 unspecified atom stereocenters. The van der Waals surface area contributed by atoms with Gasteiger partial charge in [0.1, 0.15) is 0 Å². The second-order valence-electron chi connectivity index (χ2n) is 18.7. The van der Waals surface area contributed by atoms with Crippen LogP contribution in [0.4, 0.5) is 0 Å². The molecule has 0 rings (SSSR count). The average Bonchev–Trinajstić information content (AvgIpc) is 2.49. The lowest BCUT2D eigenvalue weighted by atomic mass is 9.44. The Bertz CT molecular complexity index is 886. The highest BCUT2D eigenvalue weighted by molar-refractivity contribution is 7.90. The van der Waals surface area contributed by atoms with Gasteiger partial charge in [-0.15, -0.1) is 0 Å². The van der Waals surface area contributed by atoms with Crippen molar-refractivity contribution in [3.63, 3.8) is 0 Å². The van der Waals surface area contributed by atoms with E-state index in [0.717, 1.165) is 19.3 Å². The Kier molecular flexibility index (Phi) is 10.8. The summed E-state index contributed by atoms with van der Waals surface area (Å²) in [6, 6.07) is 0. The smallest absolute Gasteiger partial charge is 0.221 e. The van der Waals surface area contributed by atoms with Crippen LogP contribution in [0.5, 0.6) is 0 Å². The van der Waals surface area contributed by atoms with Gasteiger partial charge in [-0.3, -0.25) is 0 Å². The van der Waals surface area contributed by atoms with E-state index in [1.54, 1.807) is 0 Å². The van der Waals surface area contributed by atoms with E-state index in [9.17, 15) is 13.9 Å². The van der Waals surface area contributed by atoms with E-state index in [1.807, 2.05) is 20.8 Å². The minimum atomic E-state index is -4.12. The van der Waals surface area contributed by atoms with E-state index in [4.69, 9.17) is 0 Å². The molecule has 0 aliphatic heterocycles. The van der Waals surface area contributed by atoms with Crippen LogP contribution in [0.2, 0.25) is 0 Å². The van der Waals surface area contributed by atoms with Crippen molar-refractivity contribution in [3.05, 3.63) is 10.4 Å². The monoisotopic (exact) mass is 541 g/mol. The fraction of sp³-hybridized carbons (Fsp3) is 1.00. The summed E-state index contributed by atoms with van der Waals surface area (Å²) in [4.78, 5) is 2.83. The summed E-state index contributed by atoms with van der Waals surface area (Å²) in [5, 5.41) is -0.828.